The Labute approximate surface area is 123 Å². The zero-order chi connectivity index (χ0) is 14.7. The van der Waals surface area contributed by atoms with Crippen molar-refractivity contribution in [2.75, 3.05) is 0 Å². The third kappa shape index (κ3) is 3.11. The fourth-order valence-corrected chi connectivity index (χ4v) is 2.17. The van der Waals surface area contributed by atoms with Gasteiger partial charge in [-0.05, 0) is 36.8 Å². The zero-order valence-corrected chi connectivity index (χ0v) is 11.7. The Morgan fingerprint density at radius 3 is 2.24 bits per heavy atom. The van der Waals surface area contributed by atoms with Crippen molar-refractivity contribution < 1.29 is 9.13 Å². The molecule has 0 fully saturated rings. The van der Waals surface area contributed by atoms with Gasteiger partial charge in [0.2, 0.25) is 0 Å². The smallest absolute Gasteiger partial charge is 0.138 e. The standard InChI is InChI=1S/C19H15FO/c1-14-7-9-15(10-8-14)18-12-11-16(20)13-19(18)21-17-5-3-2-4-6-17/h2-13H,1H3. The number of para-hydroxylation sites is 1. The maximum Gasteiger partial charge on any atom is 0.138 e. The van der Waals surface area contributed by atoms with Crippen LogP contribution in [-0.2, 0) is 0 Å². The molecule has 0 aliphatic heterocycles. The molecule has 0 bridgehead atoms. The van der Waals surface area contributed by atoms with Crippen molar-refractivity contribution in [1.29, 1.82) is 0 Å². The minimum Gasteiger partial charge on any atom is -0.457 e. The van der Waals surface area contributed by atoms with Gasteiger partial charge < -0.3 is 4.74 Å². The first-order valence-corrected chi connectivity index (χ1v) is 6.82. The molecule has 0 heterocycles. The largest absolute Gasteiger partial charge is 0.457 e. The third-order valence-electron chi connectivity index (χ3n) is 3.28. The van der Waals surface area contributed by atoms with E-state index < -0.39 is 0 Å². The van der Waals surface area contributed by atoms with E-state index in [4.69, 9.17) is 4.74 Å². The molecule has 0 atom stereocenters. The van der Waals surface area contributed by atoms with Crippen LogP contribution in [0.5, 0.6) is 11.5 Å². The van der Waals surface area contributed by atoms with Gasteiger partial charge in [-0.25, -0.2) is 4.39 Å². The molecule has 0 saturated carbocycles. The van der Waals surface area contributed by atoms with E-state index in [1.165, 1.54) is 17.7 Å². The SMILES string of the molecule is Cc1ccc(-c2ccc(F)cc2Oc2ccccc2)cc1. The summed E-state index contributed by atoms with van der Waals surface area (Å²) in [5.74, 6) is 0.901. The summed E-state index contributed by atoms with van der Waals surface area (Å²) in [7, 11) is 0. The second kappa shape index (κ2) is 5.80. The van der Waals surface area contributed by atoms with Gasteiger partial charge in [0.25, 0.3) is 0 Å². The van der Waals surface area contributed by atoms with Crippen molar-refractivity contribution in [3.05, 3.63) is 84.2 Å². The molecule has 0 unspecified atom stereocenters. The van der Waals surface area contributed by atoms with Crippen molar-refractivity contribution >= 4 is 0 Å². The van der Waals surface area contributed by atoms with Gasteiger partial charge in [-0.2, -0.15) is 0 Å². The molecule has 1 nitrogen and oxygen atoms in total. The van der Waals surface area contributed by atoms with Crippen molar-refractivity contribution in [3.8, 4) is 22.6 Å². The highest BCUT2D eigenvalue weighted by atomic mass is 19.1. The molecule has 0 aliphatic rings. The number of halogens is 1. The minimum atomic E-state index is -0.309. The lowest BCUT2D eigenvalue weighted by Crippen LogP contribution is -1.90. The van der Waals surface area contributed by atoms with E-state index in [1.54, 1.807) is 6.07 Å². The molecular weight excluding hydrogens is 263 g/mol. The normalized spacial score (nSPS) is 10.4. The fraction of sp³-hybridized carbons (Fsp3) is 0.0526. The van der Waals surface area contributed by atoms with Gasteiger partial charge >= 0.3 is 0 Å². The first kappa shape index (κ1) is 13.4. The summed E-state index contributed by atoms with van der Waals surface area (Å²) in [6.07, 6.45) is 0. The second-order valence-corrected chi connectivity index (χ2v) is 4.92. The molecule has 21 heavy (non-hydrogen) atoms. The van der Waals surface area contributed by atoms with Crippen LogP contribution in [-0.4, -0.2) is 0 Å². The van der Waals surface area contributed by atoms with Crippen LogP contribution in [0.3, 0.4) is 0 Å². The number of hydrogen-bond acceptors (Lipinski definition) is 1. The first-order chi connectivity index (χ1) is 10.2. The molecule has 3 aromatic rings. The van der Waals surface area contributed by atoms with Crippen molar-refractivity contribution in [2.45, 2.75) is 6.92 Å². The topological polar surface area (TPSA) is 9.23 Å². The number of ether oxygens (including phenoxy) is 1. The molecule has 2 heteroatoms. The maximum absolute atomic E-state index is 13.5. The highest BCUT2D eigenvalue weighted by Gasteiger charge is 2.09. The average molecular weight is 278 g/mol. The monoisotopic (exact) mass is 278 g/mol. The van der Waals surface area contributed by atoms with Crippen LogP contribution < -0.4 is 4.74 Å². The highest BCUT2D eigenvalue weighted by Crippen LogP contribution is 2.34. The Hall–Kier alpha value is -2.61. The predicted octanol–water partition coefficient (Wildman–Crippen LogP) is 5.59. The zero-order valence-electron chi connectivity index (χ0n) is 11.7. The molecule has 0 aromatic heterocycles. The number of benzene rings is 3. The Balaban J connectivity index is 2.03. The number of rotatable bonds is 3. The van der Waals surface area contributed by atoms with Crippen LogP contribution >= 0.6 is 0 Å². The van der Waals surface area contributed by atoms with Crippen molar-refractivity contribution in [2.24, 2.45) is 0 Å². The van der Waals surface area contributed by atoms with Gasteiger partial charge in [0.05, 0.1) is 0 Å². The van der Waals surface area contributed by atoms with E-state index >= 15 is 0 Å². The van der Waals surface area contributed by atoms with E-state index in [-0.39, 0.29) is 5.82 Å². The molecule has 3 rings (SSSR count). The summed E-state index contributed by atoms with van der Waals surface area (Å²) >= 11 is 0. The Bertz CT molecular complexity index is 733. The summed E-state index contributed by atoms with van der Waals surface area (Å²) < 4.78 is 19.4. The molecule has 3 aromatic carbocycles. The summed E-state index contributed by atoms with van der Waals surface area (Å²) in [5.41, 5.74) is 3.07. The van der Waals surface area contributed by atoms with E-state index in [9.17, 15) is 4.39 Å². The Morgan fingerprint density at radius 2 is 1.52 bits per heavy atom. The van der Waals surface area contributed by atoms with Crippen LogP contribution in [0.4, 0.5) is 4.39 Å². The van der Waals surface area contributed by atoms with Gasteiger partial charge in [-0.15, -0.1) is 0 Å². The van der Waals surface area contributed by atoms with E-state index in [2.05, 4.69) is 0 Å². The summed E-state index contributed by atoms with van der Waals surface area (Å²) in [4.78, 5) is 0. The van der Waals surface area contributed by atoms with Crippen LogP contribution in [0.1, 0.15) is 5.56 Å². The van der Waals surface area contributed by atoms with Gasteiger partial charge in [0.15, 0.2) is 0 Å². The lowest BCUT2D eigenvalue weighted by atomic mass is 10.0. The third-order valence-corrected chi connectivity index (χ3v) is 3.28. The van der Waals surface area contributed by atoms with Gasteiger partial charge in [0, 0.05) is 11.6 Å². The van der Waals surface area contributed by atoms with Gasteiger partial charge in [-0.1, -0.05) is 48.0 Å². The number of aryl methyl sites for hydroxylation is 1. The van der Waals surface area contributed by atoms with E-state index in [1.807, 2.05) is 61.5 Å². The summed E-state index contributed by atoms with van der Waals surface area (Å²) in [5, 5.41) is 0. The Kier molecular flexibility index (Phi) is 3.69. The minimum absolute atomic E-state index is 0.309. The van der Waals surface area contributed by atoms with Crippen LogP contribution in [0.25, 0.3) is 11.1 Å². The second-order valence-electron chi connectivity index (χ2n) is 4.92. The molecular formula is C19H15FO. The van der Waals surface area contributed by atoms with Gasteiger partial charge in [-0.3, -0.25) is 0 Å². The van der Waals surface area contributed by atoms with Crippen molar-refractivity contribution in [3.63, 3.8) is 0 Å². The molecule has 0 amide bonds. The molecule has 0 aliphatic carbocycles. The Morgan fingerprint density at radius 1 is 0.810 bits per heavy atom. The summed E-state index contributed by atoms with van der Waals surface area (Å²) in [6, 6.07) is 22.1. The van der Waals surface area contributed by atoms with E-state index in [0.717, 1.165) is 11.1 Å². The average Bonchev–Trinajstić information content (AvgIpc) is 2.50. The van der Waals surface area contributed by atoms with E-state index in [0.29, 0.717) is 11.5 Å². The highest BCUT2D eigenvalue weighted by molar-refractivity contribution is 5.71. The maximum atomic E-state index is 13.5. The molecule has 0 N–H and O–H groups in total. The lowest BCUT2D eigenvalue weighted by Gasteiger charge is -2.12. The number of hydrogen-bond donors (Lipinski definition) is 0. The quantitative estimate of drug-likeness (QED) is 0.606. The fourth-order valence-electron chi connectivity index (χ4n) is 2.17. The molecule has 0 radical (unpaired) electrons. The van der Waals surface area contributed by atoms with Crippen molar-refractivity contribution in [1.82, 2.24) is 0 Å². The van der Waals surface area contributed by atoms with Crippen LogP contribution in [0.2, 0.25) is 0 Å². The lowest BCUT2D eigenvalue weighted by molar-refractivity contribution is 0.478. The van der Waals surface area contributed by atoms with Gasteiger partial charge in [0.1, 0.15) is 17.3 Å². The molecule has 0 spiro atoms. The molecule has 104 valence electrons. The van der Waals surface area contributed by atoms with Crippen LogP contribution in [0, 0.1) is 12.7 Å². The van der Waals surface area contributed by atoms with Crippen LogP contribution in [0.15, 0.2) is 72.8 Å². The summed E-state index contributed by atoms with van der Waals surface area (Å²) in [6.45, 7) is 2.04. The first-order valence-electron chi connectivity index (χ1n) is 6.82. The predicted molar refractivity (Wildman–Crippen MR) is 83.1 cm³/mol. The molecule has 0 saturated heterocycles.